The molecule has 1 atom stereocenters. The molecule has 0 spiro atoms. The van der Waals surface area contributed by atoms with Gasteiger partial charge in [-0.25, -0.2) is 9.80 Å². The predicted molar refractivity (Wildman–Crippen MR) is 157 cm³/mol. The summed E-state index contributed by atoms with van der Waals surface area (Å²) in [5.41, 5.74) is 4.18. The summed E-state index contributed by atoms with van der Waals surface area (Å²) < 4.78 is 32.5. The van der Waals surface area contributed by atoms with Crippen molar-refractivity contribution in [2.24, 2.45) is 5.10 Å². The van der Waals surface area contributed by atoms with E-state index in [0.717, 1.165) is 22.4 Å². The maximum absolute atomic E-state index is 12.6. The van der Waals surface area contributed by atoms with Crippen LogP contribution in [0, 0.1) is 0 Å². The summed E-state index contributed by atoms with van der Waals surface area (Å²) in [6, 6.07) is 18.2. The fraction of sp³-hybridized carbons (Fsp3) is 0.281. The number of carbonyl (C=O) groups excluding carboxylic acids is 2. The van der Waals surface area contributed by atoms with Crippen LogP contribution in [0.5, 0.6) is 23.0 Å². The van der Waals surface area contributed by atoms with Gasteiger partial charge in [0.15, 0.2) is 11.5 Å². The Balaban J connectivity index is 1.53. The molecule has 1 aliphatic heterocycles. The first kappa shape index (κ1) is 30.0. The second-order valence-electron chi connectivity index (χ2n) is 9.32. The van der Waals surface area contributed by atoms with E-state index in [1.165, 1.54) is 32.4 Å². The molecule has 1 heterocycles. The van der Waals surface area contributed by atoms with Gasteiger partial charge in [-0.1, -0.05) is 24.3 Å². The smallest absolute Gasteiger partial charge is 0.341 e. The van der Waals surface area contributed by atoms with Gasteiger partial charge in [0.2, 0.25) is 11.7 Å². The normalized spacial score (nSPS) is 14.6. The Morgan fingerprint density at radius 2 is 1.60 bits per heavy atom. The van der Waals surface area contributed by atoms with Gasteiger partial charge >= 0.3 is 5.97 Å². The van der Waals surface area contributed by atoms with Crippen molar-refractivity contribution in [3.05, 3.63) is 89.2 Å². The van der Waals surface area contributed by atoms with E-state index in [1.807, 2.05) is 60.7 Å². The SMILES string of the molecule is CO/C=C(/C(=O)OC)c1ccccc1COc1ccc(C2=NN(C(C)=O)C(c3cc(OC)c(OC)c(OC)c3)C2)cc1. The third-order valence-corrected chi connectivity index (χ3v) is 6.84. The number of carbonyl (C=O) groups is 2. The molecule has 0 radical (unpaired) electrons. The molecule has 0 fully saturated rings. The van der Waals surface area contributed by atoms with Crippen LogP contribution in [-0.2, 0) is 25.7 Å². The highest BCUT2D eigenvalue weighted by molar-refractivity contribution is 6.16. The number of amides is 1. The lowest BCUT2D eigenvalue weighted by Crippen LogP contribution is -2.24. The van der Waals surface area contributed by atoms with E-state index in [1.54, 1.807) is 21.3 Å². The lowest BCUT2D eigenvalue weighted by atomic mass is 9.97. The monoisotopic (exact) mass is 574 g/mol. The molecule has 0 saturated heterocycles. The van der Waals surface area contributed by atoms with E-state index >= 15 is 0 Å². The molecule has 1 unspecified atom stereocenters. The van der Waals surface area contributed by atoms with Crippen molar-refractivity contribution < 1.29 is 38.0 Å². The lowest BCUT2D eigenvalue weighted by molar-refractivity contribution is -0.134. The molecule has 0 aromatic heterocycles. The number of ether oxygens (including phenoxy) is 6. The van der Waals surface area contributed by atoms with Gasteiger partial charge in [0, 0.05) is 13.3 Å². The van der Waals surface area contributed by atoms with Gasteiger partial charge in [-0.15, -0.1) is 0 Å². The van der Waals surface area contributed by atoms with Crippen molar-refractivity contribution in [3.63, 3.8) is 0 Å². The Hall–Kier alpha value is -4.99. The van der Waals surface area contributed by atoms with Crippen molar-refractivity contribution in [1.82, 2.24) is 5.01 Å². The minimum absolute atomic E-state index is 0.184. The van der Waals surface area contributed by atoms with Crippen LogP contribution in [0.15, 0.2) is 72.0 Å². The maximum atomic E-state index is 12.6. The topological polar surface area (TPSA) is 105 Å². The van der Waals surface area contributed by atoms with Gasteiger partial charge in [0.1, 0.15) is 17.9 Å². The van der Waals surface area contributed by atoms with Gasteiger partial charge in [0.25, 0.3) is 0 Å². The van der Waals surface area contributed by atoms with Gasteiger partial charge < -0.3 is 28.4 Å². The highest BCUT2D eigenvalue weighted by Crippen LogP contribution is 2.43. The first-order chi connectivity index (χ1) is 20.3. The molecule has 220 valence electrons. The summed E-state index contributed by atoms with van der Waals surface area (Å²) >= 11 is 0. The van der Waals surface area contributed by atoms with Crippen LogP contribution in [0.1, 0.15) is 41.6 Å². The summed E-state index contributed by atoms with van der Waals surface area (Å²) in [4.78, 5) is 24.9. The number of rotatable bonds is 11. The van der Waals surface area contributed by atoms with E-state index in [9.17, 15) is 9.59 Å². The van der Waals surface area contributed by atoms with E-state index in [2.05, 4.69) is 5.10 Å². The van der Waals surface area contributed by atoms with Crippen molar-refractivity contribution in [2.45, 2.75) is 26.0 Å². The Morgan fingerprint density at radius 3 is 2.17 bits per heavy atom. The van der Waals surface area contributed by atoms with Gasteiger partial charge in [-0.3, -0.25) is 4.79 Å². The summed E-state index contributed by atoms with van der Waals surface area (Å²) in [7, 11) is 7.45. The van der Waals surface area contributed by atoms with Crippen molar-refractivity contribution in [1.29, 1.82) is 0 Å². The number of hydrazone groups is 1. The highest BCUT2D eigenvalue weighted by Gasteiger charge is 2.33. The van der Waals surface area contributed by atoms with E-state index < -0.39 is 5.97 Å². The van der Waals surface area contributed by atoms with Crippen molar-refractivity contribution >= 4 is 23.2 Å². The number of esters is 1. The minimum atomic E-state index is -0.504. The Labute approximate surface area is 245 Å². The van der Waals surface area contributed by atoms with Gasteiger partial charge in [-0.2, -0.15) is 5.10 Å². The molecule has 3 aromatic rings. The number of hydrogen-bond acceptors (Lipinski definition) is 9. The molecule has 1 aliphatic rings. The van der Waals surface area contributed by atoms with Gasteiger partial charge in [-0.05, 0) is 58.7 Å². The Kier molecular flexibility index (Phi) is 9.69. The zero-order valence-corrected chi connectivity index (χ0v) is 24.5. The van der Waals surface area contributed by atoms with Crippen LogP contribution in [0.25, 0.3) is 5.57 Å². The highest BCUT2D eigenvalue weighted by atomic mass is 16.5. The number of benzene rings is 3. The van der Waals surface area contributed by atoms with E-state index in [-0.39, 0.29) is 18.6 Å². The van der Waals surface area contributed by atoms with Crippen LogP contribution < -0.4 is 18.9 Å². The first-order valence-electron chi connectivity index (χ1n) is 13.1. The third-order valence-electron chi connectivity index (χ3n) is 6.84. The van der Waals surface area contributed by atoms with Crippen LogP contribution >= 0.6 is 0 Å². The van der Waals surface area contributed by atoms with Crippen LogP contribution in [0.4, 0.5) is 0 Å². The van der Waals surface area contributed by atoms with Crippen molar-refractivity contribution in [3.8, 4) is 23.0 Å². The molecule has 1 amide bonds. The second kappa shape index (κ2) is 13.6. The van der Waals surface area contributed by atoms with Crippen molar-refractivity contribution in [2.75, 3.05) is 35.5 Å². The number of hydrogen-bond donors (Lipinski definition) is 0. The second-order valence-corrected chi connectivity index (χ2v) is 9.32. The molecule has 42 heavy (non-hydrogen) atoms. The summed E-state index contributed by atoms with van der Waals surface area (Å²) in [5, 5.41) is 6.13. The average molecular weight is 575 g/mol. The molecule has 4 rings (SSSR count). The Morgan fingerprint density at radius 1 is 0.929 bits per heavy atom. The zero-order chi connectivity index (χ0) is 30.2. The zero-order valence-electron chi connectivity index (χ0n) is 24.5. The van der Waals surface area contributed by atoms with Crippen LogP contribution in [-0.4, -0.2) is 58.1 Å². The molecule has 10 heteroatoms. The van der Waals surface area contributed by atoms with Crippen LogP contribution in [0.2, 0.25) is 0 Å². The fourth-order valence-electron chi connectivity index (χ4n) is 4.79. The first-order valence-corrected chi connectivity index (χ1v) is 13.1. The maximum Gasteiger partial charge on any atom is 0.341 e. The molecule has 0 aliphatic carbocycles. The molecule has 0 bridgehead atoms. The third kappa shape index (κ3) is 6.33. The summed E-state index contributed by atoms with van der Waals surface area (Å²) in [6.07, 6.45) is 1.85. The Bertz CT molecular complexity index is 1470. The largest absolute Gasteiger partial charge is 0.503 e. The fourth-order valence-corrected chi connectivity index (χ4v) is 4.79. The molecule has 0 N–H and O–H groups in total. The van der Waals surface area contributed by atoms with Gasteiger partial charge in [0.05, 0.1) is 53.6 Å². The minimum Gasteiger partial charge on any atom is -0.503 e. The molecular weight excluding hydrogens is 540 g/mol. The number of nitrogens with zero attached hydrogens (tertiary/aromatic N) is 2. The van der Waals surface area contributed by atoms with E-state index in [4.69, 9.17) is 28.4 Å². The molecule has 3 aromatic carbocycles. The summed E-state index contributed by atoms with van der Waals surface area (Å²) in [6.45, 7) is 1.70. The number of methoxy groups -OCH3 is 5. The van der Waals surface area contributed by atoms with Crippen LogP contribution in [0.3, 0.4) is 0 Å². The molecule has 10 nitrogen and oxygen atoms in total. The quantitative estimate of drug-likeness (QED) is 0.176. The van der Waals surface area contributed by atoms with E-state index in [0.29, 0.717) is 40.6 Å². The standard InChI is InChI=1S/C32H34N2O8/c1-20(35)34-28(23-15-29(38-3)31(40-5)30(16-23)39-4)17-27(33-34)21-11-13-24(14-12-21)42-18-22-9-7-8-10-25(22)26(19-37-2)32(36)41-6/h7-16,19,28H,17-18H2,1-6H3/b26-19+. The lowest BCUT2D eigenvalue weighted by Gasteiger charge is -2.22. The molecule has 0 saturated carbocycles. The predicted octanol–water partition coefficient (Wildman–Crippen LogP) is 5.15. The average Bonchev–Trinajstić information content (AvgIpc) is 3.48. The molecular formula is C32H34N2O8. The summed E-state index contributed by atoms with van der Waals surface area (Å²) in [5.74, 6) is 1.43.